The Hall–Kier alpha value is -1.07. The normalized spacial score (nSPS) is 23.4. The molecule has 5 heteroatoms. The van der Waals surface area contributed by atoms with Crippen LogP contribution in [-0.2, 0) is 11.3 Å². The monoisotopic (exact) mass is 325 g/mol. The summed E-state index contributed by atoms with van der Waals surface area (Å²) in [6.07, 6.45) is 1.86. The highest BCUT2D eigenvalue weighted by atomic mass is 79.9. The van der Waals surface area contributed by atoms with Crippen molar-refractivity contribution in [1.82, 2.24) is 0 Å². The number of carbonyl (C=O) groups is 1. The van der Waals surface area contributed by atoms with E-state index in [4.69, 9.17) is 11.5 Å². The predicted octanol–water partition coefficient (Wildman–Crippen LogP) is 2.00. The molecule has 1 aromatic carbocycles. The third kappa shape index (κ3) is 3.09. The molecule has 1 heterocycles. The zero-order chi connectivity index (χ0) is 14.0. The van der Waals surface area contributed by atoms with Crippen LogP contribution in [0.25, 0.3) is 0 Å². The molecular weight excluding hydrogens is 306 g/mol. The SMILES string of the molecule is CC1CCC(C(N)=O)CN1c1ccc(Br)cc1CN. The molecular formula is C14H20BrN3O. The number of hydrogen-bond donors (Lipinski definition) is 2. The van der Waals surface area contributed by atoms with Crippen LogP contribution >= 0.6 is 15.9 Å². The predicted molar refractivity (Wildman–Crippen MR) is 80.8 cm³/mol. The molecule has 2 atom stereocenters. The maximum atomic E-state index is 11.4. The molecule has 1 saturated heterocycles. The quantitative estimate of drug-likeness (QED) is 0.892. The lowest BCUT2D eigenvalue weighted by molar-refractivity contribution is -0.122. The summed E-state index contributed by atoms with van der Waals surface area (Å²) in [5, 5.41) is 0. The van der Waals surface area contributed by atoms with Crippen LogP contribution in [0.3, 0.4) is 0 Å². The number of nitrogens with zero attached hydrogens (tertiary/aromatic N) is 1. The number of hydrogen-bond acceptors (Lipinski definition) is 3. The van der Waals surface area contributed by atoms with Crippen molar-refractivity contribution in [2.75, 3.05) is 11.4 Å². The van der Waals surface area contributed by atoms with Crippen molar-refractivity contribution >= 4 is 27.5 Å². The fraction of sp³-hybridized carbons (Fsp3) is 0.500. The van der Waals surface area contributed by atoms with E-state index >= 15 is 0 Å². The molecule has 4 nitrogen and oxygen atoms in total. The number of amides is 1. The molecule has 1 aliphatic rings. The molecule has 19 heavy (non-hydrogen) atoms. The van der Waals surface area contributed by atoms with Crippen molar-refractivity contribution in [2.24, 2.45) is 17.4 Å². The highest BCUT2D eigenvalue weighted by molar-refractivity contribution is 9.10. The molecule has 2 unspecified atom stereocenters. The van der Waals surface area contributed by atoms with Crippen LogP contribution in [-0.4, -0.2) is 18.5 Å². The molecule has 0 bridgehead atoms. The number of piperidine rings is 1. The Morgan fingerprint density at radius 1 is 1.47 bits per heavy atom. The fourth-order valence-corrected chi connectivity index (χ4v) is 3.08. The lowest BCUT2D eigenvalue weighted by Gasteiger charge is -2.39. The van der Waals surface area contributed by atoms with E-state index in [0.717, 1.165) is 28.6 Å². The van der Waals surface area contributed by atoms with Gasteiger partial charge in [0.1, 0.15) is 0 Å². The third-order valence-corrected chi connectivity index (χ3v) is 4.35. The van der Waals surface area contributed by atoms with E-state index < -0.39 is 0 Å². The zero-order valence-electron chi connectivity index (χ0n) is 11.1. The van der Waals surface area contributed by atoms with Crippen molar-refractivity contribution in [3.05, 3.63) is 28.2 Å². The van der Waals surface area contributed by atoms with Gasteiger partial charge in [-0.3, -0.25) is 4.79 Å². The van der Waals surface area contributed by atoms with Gasteiger partial charge < -0.3 is 16.4 Å². The smallest absolute Gasteiger partial charge is 0.222 e. The number of primary amides is 1. The molecule has 1 aromatic rings. The van der Waals surface area contributed by atoms with E-state index in [2.05, 4.69) is 33.8 Å². The van der Waals surface area contributed by atoms with Crippen molar-refractivity contribution in [3.8, 4) is 0 Å². The van der Waals surface area contributed by atoms with Gasteiger partial charge in [0.25, 0.3) is 0 Å². The Bertz CT molecular complexity index is 478. The van der Waals surface area contributed by atoms with E-state index in [1.54, 1.807) is 0 Å². The molecule has 1 fully saturated rings. The van der Waals surface area contributed by atoms with Gasteiger partial charge >= 0.3 is 0 Å². The second-order valence-corrected chi connectivity index (χ2v) is 6.07. The number of nitrogens with two attached hydrogens (primary N) is 2. The number of rotatable bonds is 3. The van der Waals surface area contributed by atoms with Gasteiger partial charge in [0.05, 0.1) is 5.92 Å². The van der Waals surface area contributed by atoms with Gasteiger partial charge in [-0.2, -0.15) is 0 Å². The summed E-state index contributed by atoms with van der Waals surface area (Å²) in [4.78, 5) is 13.7. The maximum absolute atomic E-state index is 11.4. The second kappa shape index (κ2) is 5.92. The lowest BCUT2D eigenvalue weighted by atomic mass is 9.92. The minimum atomic E-state index is -0.205. The fourth-order valence-electron chi connectivity index (χ4n) is 2.67. The summed E-state index contributed by atoms with van der Waals surface area (Å²) in [7, 11) is 0. The first-order valence-corrected chi connectivity index (χ1v) is 7.36. The zero-order valence-corrected chi connectivity index (χ0v) is 12.7. The summed E-state index contributed by atoms with van der Waals surface area (Å²) < 4.78 is 1.02. The van der Waals surface area contributed by atoms with Gasteiger partial charge in [-0.05, 0) is 43.5 Å². The molecule has 0 radical (unpaired) electrons. The van der Waals surface area contributed by atoms with Crippen LogP contribution < -0.4 is 16.4 Å². The van der Waals surface area contributed by atoms with E-state index in [1.165, 1.54) is 0 Å². The van der Waals surface area contributed by atoms with Gasteiger partial charge in [0, 0.05) is 29.3 Å². The summed E-state index contributed by atoms with van der Waals surface area (Å²) in [6, 6.07) is 6.51. The van der Waals surface area contributed by atoms with Gasteiger partial charge in [0.15, 0.2) is 0 Å². The van der Waals surface area contributed by atoms with Crippen molar-refractivity contribution < 1.29 is 4.79 Å². The van der Waals surface area contributed by atoms with E-state index in [9.17, 15) is 4.79 Å². The van der Waals surface area contributed by atoms with Crippen LogP contribution in [0.4, 0.5) is 5.69 Å². The Kier molecular flexibility index (Phi) is 4.47. The number of anilines is 1. The van der Waals surface area contributed by atoms with Gasteiger partial charge in [0.2, 0.25) is 5.91 Å². The van der Waals surface area contributed by atoms with Gasteiger partial charge in [-0.25, -0.2) is 0 Å². The molecule has 0 saturated carbocycles. The topological polar surface area (TPSA) is 72.4 Å². The Morgan fingerprint density at radius 3 is 2.84 bits per heavy atom. The average Bonchev–Trinajstić information content (AvgIpc) is 2.39. The average molecular weight is 326 g/mol. The molecule has 2 rings (SSSR count). The van der Waals surface area contributed by atoms with Crippen LogP contribution in [0.2, 0.25) is 0 Å². The first-order valence-electron chi connectivity index (χ1n) is 6.57. The summed E-state index contributed by atoms with van der Waals surface area (Å²) in [6.45, 7) is 3.35. The first kappa shape index (κ1) is 14.3. The standard InChI is InChI=1S/C14H20BrN3O/c1-9-2-3-10(14(17)19)8-18(9)13-5-4-12(15)6-11(13)7-16/h4-6,9-10H,2-3,7-8,16H2,1H3,(H2,17,19). The molecule has 104 valence electrons. The molecule has 0 aliphatic carbocycles. The molecule has 0 spiro atoms. The maximum Gasteiger partial charge on any atom is 0.222 e. The van der Waals surface area contributed by atoms with Crippen LogP contribution in [0, 0.1) is 5.92 Å². The largest absolute Gasteiger partial charge is 0.369 e. The van der Waals surface area contributed by atoms with E-state index in [1.807, 2.05) is 12.1 Å². The summed E-state index contributed by atoms with van der Waals surface area (Å²) >= 11 is 3.46. The van der Waals surface area contributed by atoms with Crippen LogP contribution in [0.5, 0.6) is 0 Å². The Morgan fingerprint density at radius 2 is 2.21 bits per heavy atom. The Labute approximate surface area is 122 Å². The minimum absolute atomic E-state index is 0.0644. The summed E-state index contributed by atoms with van der Waals surface area (Å²) in [5.41, 5.74) is 13.5. The molecule has 1 aliphatic heterocycles. The minimum Gasteiger partial charge on any atom is -0.369 e. The first-order chi connectivity index (χ1) is 9.02. The molecule has 1 amide bonds. The Balaban J connectivity index is 2.30. The van der Waals surface area contributed by atoms with Gasteiger partial charge in [-0.1, -0.05) is 15.9 Å². The third-order valence-electron chi connectivity index (χ3n) is 3.86. The summed E-state index contributed by atoms with van der Waals surface area (Å²) in [5.74, 6) is -0.270. The lowest BCUT2D eigenvalue weighted by Crippen LogP contribution is -2.46. The van der Waals surface area contributed by atoms with Crippen LogP contribution in [0.1, 0.15) is 25.3 Å². The van der Waals surface area contributed by atoms with Crippen molar-refractivity contribution in [3.63, 3.8) is 0 Å². The second-order valence-electron chi connectivity index (χ2n) is 5.16. The van der Waals surface area contributed by atoms with E-state index in [0.29, 0.717) is 19.1 Å². The highest BCUT2D eigenvalue weighted by Crippen LogP contribution is 2.31. The number of carbonyl (C=O) groups excluding carboxylic acids is 1. The number of benzene rings is 1. The molecule has 0 aromatic heterocycles. The van der Waals surface area contributed by atoms with Crippen molar-refractivity contribution in [1.29, 1.82) is 0 Å². The number of halogens is 1. The van der Waals surface area contributed by atoms with Crippen molar-refractivity contribution in [2.45, 2.75) is 32.4 Å². The van der Waals surface area contributed by atoms with Gasteiger partial charge in [-0.15, -0.1) is 0 Å². The highest BCUT2D eigenvalue weighted by Gasteiger charge is 2.29. The van der Waals surface area contributed by atoms with Crippen LogP contribution in [0.15, 0.2) is 22.7 Å². The molecule has 4 N–H and O–H groups in total. The van der Waals surface area contributed by atoms with E-state index in [-0.39, 0.29) is 11.8 Å².